The Labute approximate surface area is 127 Å². The molecule has 2 rings (SSSR count). The summed E-state index contributed by atoms with van der Waals surface area (Å²) in [6, 6.07) is 13.1. The number of aryl methyl sites for hydroxylation is 1. The molecule has 0 saturated carbocycles. The number of esters is 1. The van der Waals surface area contributed by atoms with Crippen molar-refractivity contribution < 1.29 is 14.3 Å². The number of ether oxygens (including phenoxy) is 1. The van der Waals surface area contributed by atoms with Gasteiger partial charge in [0.2, 0.25) is 0 Å². The summed E-state index contributed by atoms with van der Waals surface area (Å²) in [5.74, 6) is 0.00651. The lowest BCUT2D eigenvalue weighted by atomic mass is 10.1. The molecule has 2 aromatic carbocycles. The van der Waals surface area contributed by atoms with E-state index in [-0.39, 0.29) is 0 Å². The third kappa shape index (κ3) is 4.45. The van der Waals surface area contributed by atoms with Gasteiger partial charge in [-0.25, -0.2) is 15.0 Å². The van der Waals surface area contributed by atoms with E-state index in [0.29, 0.717) is 11.3 Å². The topological polar surface area (TPSA) is 93.8 Å². The van der Waals surface area contributed by atoms with Crippen molar-refractivity contribution in [3.63, 3.8) is 0 Å². The highest BCUT2D eigenvalue weighted by Gasteiger charge is 2.08. The van der Waals surface area contributed by atoms with Gasteiger partial charge in [-0.05, 0) is 48.9 Å². The molecular formula is C16H15N3O3. The number of carbonyl (C=O) groups excluding carboxylic acids is 2. The Morgan fingerprint density at radius 2 is 1.91 bits per heavy atom. The van der Waals surface area contributed by atoms with E-state index in [4.69, 9.17) is 10.5 Å². The van der Waals surface area contributed by atoms with E-state index >= 15 is 0 Å². The SMILES string of the molecule is Cc1cccc(C(=O)Oc2ccc(/C=N\NC(N)=O)cc2)c1. The summed E-state index contributed by atoms with van der Waals surface area (Å²) >= 11 is 0. The van der Waals surface area contributed by atoms with Crippen LogP contribution in [0.15, 0.2) is 53.6 Å². The number of hydrogen-bond donors (Lipinski definition) is 2. The van der Waals surface area contributed by atoms with Gasteiger partial charge in [-0.1, -0.05) is 17.7 Å². The van der Waals surface area contributed by atoms with Crippen molar-refractivity contribution >= 4 is 18.2 Å². The average Bonchev–Trinajstić information content (AvgIpc) is 2.48. The second kappa shape index (κ2) is 7.03. The smallest absolute Gasteiger partial charge is 0.343 e. The first-order valence-corrected chi connectivity index (χ1v) is 6.52. The van der Waals surface area contributed by atoms with Crippen LogP contribution in [0.25, 0.3) is 0 Å². The number of urea groups is 1. The molecule has 112 valence electrons. The highest BCUT2D eigenvalue weighted by molar-refractivity contribution is 5.91. The summed E-state index contributed by atoms with van der Waals surface area (Å²) in [6.07, 6.45) is 1.43. The second-order valence-corrected chi connectivity index (χ2v) is 4.56. The first-order valence-electron chi connectivity index (χ1n) is 6.52. The van der Waals surface area contributed by atoms with Crippen LogP contribution < -0.4 is 15.9 Å². The van der Waals surface area contributed by atoms with E-state index in [0.717, 1.165) is 11.1 Å². The van der Waals surface area contributed by atoms with Gasteiger partial charge in [0.05, 0.1) is 11.8 Å². The zero-order valence-electron chi connectivity index (χ0n) is 11.9. The molecule has 6 heteroatoms. The Morgan fingerprint density at radius 1 is 1.18 bits per heavy atom. The Balaban J connectivity index is 2.00. The van der Waals surface area contributed by atoms with Gasteiger partial charge in [-0.3, -0.25) is 0 Å². The minimum Gasteiger partial charge on any atom is -0.423 e. The molecule has 2 amide bonds. The lowest BCUT2D eigenvalue weighted by molar-refractivity contribution is 0.0734. The van der Waals surface area contributed by atoms with Crippen molar-refractivity contribution in [2.45, 2.75) is 6.92 Å². The maximum atomic E-state index is 12.0. The lowest BCUT2D eigenvalue weighted by Crippen LogP contribution is -2.24. The van der Waals surface area contributed by atoms with Gasteiger partial charge in [0.1, 0.15) is 5.75 Å². The van der Waals surface area contributed by atoms with Crippen LogP contribution in [0.5, 0.6) is 5.75 Å². The molecule has 0 bridgehead atoms. The number of primary amides is 1. The first kappa shape index (κ1) is 15.2. The van der Waals surface area contributed by atoms with Crippen molar-refractivity contribution in [3.8, 4) is 5.75 Å². The van der Waals surface area contributed by atoms with Crippen LogP contribution in [0.4, 0.5) is 4.79 Å². The zero-order chi connectivity index (χ0) is 15.9. The molecule has 0 aliphatic heterocycles. The van der Waals surface area contributed by atoms with E-state index in [2.05, 4.69) is 10.5 Å². The second-order valence-electron chi connectivity index (χ2n) is 4.56. The number of amides is 2. The van der Waals surface area contributed by atoms with E-state index < -0.39 is 12.0 Å². The predicted molar refractivity (Wildman–Crippen MR) is 82.9 cm³/mol. The van der Waals surface area contributed by atoms with Crippen LogP contribution in [0.1, 0.15) is 21.5 Å². The first-order chi connectivity index (χ1) is 10.5. The van der Waals surface area contributed by atoms with Gasteiger partial charge < -0.3 is 10.5 Å². The fourth-order valence-electron chi connectivity index (χ4n) is 1.73. The largest absolute Gasteiger partial charge is 0.423 e. The molecule has 0 heterocycles. The number of carbonyl (C=O) groups is 2. The van der Waals surface area contributed by atoms with E-state index in [9.17, 15) is 9.59 Å². The normalized spacial score (nSPS) is 10.4. The fraction of sp³-hybridized carbons (Fsp3) is 0.0625. The van der Waals surface area contributed by atoms with Gasteiger partial charge in [-0.2, -0.15) is 5.10 Å². The predicted octanol–water partition coefficient (Wildman–Crippen LogP) is 2.22. The summed E-state index contributed by atoms with van der Waals surface area (Å²) in [4.78, 5) is 22.5. The molecule has 22 heavy (non-hydrogen) atoms. The molecule has 0 saturated heterocycles. The summed E-state index contributed by atoms with van der Waals surface area (Å²) in [5, 5.41) is 3.63. The third-order valence-corrected chi connectivity index (χ3v) is 2.73. The maximum absolute atomic E-state index is 12.0. The van der Waals surface area contributed by atoms with Crippen molar-refractivity contribution in [2.75, 3.05) is 0 Å². The number of rotatable bonds is 4. The molecule has 0 aromatic heterocycles. The lowest BCUT2D eigenvalue weighted by Gasteiger charge is -2.05. The molecule has 0 aliphatic rings. The highest BCUT2D eigenvalue weighted by Crippen LogP contribution is 2.14. The van der Waals surface area contributed by atoms with Crippen molar-refractivity contribution in [3.05, 3.63) is 65.2 Å². The molecule has 3 N–H and O–H groups in total. The third-order valence-electron chi connectivity index (χ3n) is 2.73. The fourth-order valence-corrected chi connectivity index (χ4v) is 1.73. The molecular weight excluding hydrogens is 282 g/mol. The quantitative estimate of drug-likeness (QED) is 0.392. The Hall–Kier alpha value is -3.15. The van der Waals surface area contributed by atoms with E-state index in [1.807, 2.05) is 13.0 Å². The Morgan fingerprint density at radius 3 is 2.55 bits per heavy atom. The molecule has 0 unspecified atom stereocenters. The molecule has 0 spiro atoms. The summed E-state index contributed by atoms with van der Waals surface area (Å²) < 4.78 is 5.28. The van der Waals surface area contributed by atoms with Crippen LogP contribution >= 0.6 is 0 Å². The van der Waals surface area contributed by atoms with Crippen LogP contribution in [-0.4, -0.2) is 18.2 Å². The molecule has 0 atom stereocenters. The van der Waals surface area contributed by atoms with E-state index in [1.54, 1.807) is 42.5 Å². The highest BCUT2D eigenvalue weighted by atomic mass is 16.5. The minimum absolute atomic E-state index is 0.416. The molecule has 2 aromatic rings. The molecule has 0 aliphatic carbocycles. The van der Waals surface area contributed by atoms with Crippen molar-refractivity contribution in [1.29, 1.82) is 0 Å². The molecule has 0 fully saturated rings. The van der Waals surface area contributed by atoms with Crippen LogP contribution in [0, 0.1) is 6.92 Å². The van der Waals surface area contributed by atoms with Crippen LogP contribution in [-0.2, 0) is 0 Å². The number of hydrazone groups is 1. The van der Waals surface area contributed by atoms with Crippen LogP contribution in [0.3, 0.4) is 0 Å². The number of hydrogen-bond acceptors (Lipinski definition) is 4. The zero-order valence-corrected chi connectivity index (χ0v) is 11.9. The number of nitrogens with zero attached hydrogens (tertiary/aromatic N) is 1. The van der Waals surface area contributed by atoms with Gasteiger partial charge >= 0.3 is 12.0 Å². The molecule has 6 nitrogen and oxygen atoms in total. The minimum atomic E-state index is -0.736. The average molecular weight is 297 g/mol. The standard InChI is InChI=1S/C16H15N3O3/c1-11-3-2-4-13(9-11)15(20)22-14-7-5-12(6-8-14)10-18-19-16(17)21/h2-10H,1H3,(H3,17,19,21)/b18-10-. The van der Waals surface area contributed by atoms with Crippen molar-refractivity contribution in [1.82, 2.24) is 5.43 Å². The van der Waals surface area contributed by atoms with Crippen LogP contribution in [0.2, 0.25) is 0 Å². The van der Waals surface area contributed by atoms with Gasteiger partial charge in [0, 0.05) is 0 Å². The Bertz CT molecular complexity index is 709. The van der Waals surface area contributed by atoms with Gasteiger partial charge in [-0.15, -0.1) is 0 Å². The van der Waals surface area contributed by atoms with Gasteiger partial charge in [0.25, 0.3) is 0 Å². The number of nitrogens with two attached hydrogens (primary N) is 1. The molecule has 0 radical (unpaired) electrons. The van der Waals surface area contributed by atoms with Gasteiger partial charge in [0.15, 0.2) is 0 Å². The van der Waals surface area contributed by atoms with E-state index in [1.165, 1.54) is 6.21 Å². The number of nitrogens with one attached hydrogen (secondary N) is 1. The monoisotopic (exact) mass is 297 g/mol. The summed E-state index contributed by atoms with van der Waals surface area (Å²) in [6.45, 7) is 1.91. The van der Waals surface area contributed by atoms with Crippen molar-refractivity contribution in [2.24, 2.45) is 10.8 Å². The summed E-state index contributed by atoms with van der Waals surface area (Å²) in [7, 11) is 0. The number of benzene rings is 2. The summed E-state index contributed by atoms with van der Waals surface area (Å²) in [5.41, 5.74) is 9.18. The maximum Gasteiger partial charge on any atom is 0.343 e. The Kier molecular flexibility index (Phi) is 4.87.